The van der Waals surface area contributed by atoms with Crippen molar-refractivity contribution in [3.63, 3.8) is 0 Å². The number of benzene rings is 1. The second-order valence-corrected chi connectivity index (χ2v) is 5.13. The molecular weight excluding hydrogens is 222 g/mol. The van der Waals surface area contributed by atoms with Gasteiger partial charge in [-0.3, -0.25) is 4.79 Å². The number of rotatable bonds is 3. The van der Waals surface area contributed by atoms with E-state index in [1.54, 1.807) is 6.08 Å². The molecule has 0 bridgehead atoms. The number of amides is 1. The molecule has 1 aromatic carbocycles. The van der Waals surface area contributed by atoms with Crippen LogP contribution in [-0.4, -0.2) is 23.9 Å². The van der Waals surface area contributed by atoms with Crippen molar-refractivity contribution in [1.82, 2.24) is 4.90 Å². The van der Waals surface area contributed by atoms with Crippen molar-refractivity contribution in [3.8, 4) is 0 Å². The van der Waals surface area contributed by atoms with Crippen LogP contribution in [0, 0.1) is 6.92 Å². The summed E-state index contributed by atoms with van der Waals surface area (Å²) < 4.78 is 0. The van der Waals surface area contributed by atoms with Crippen LogP contribution in [0.15, 0.2) is 30.3 Å². The van der Waals surface area contributed by atoms with E-state index in [9.17, 15) is 4.79 Å². The lowest BCUT2D eigenvalue weighted by Gasteiger charge is -2.22. The zero-order valence-electron chi connectivity index (χ0n) is 11.2. The molecule has 0 saturated heterocycles. The highest BCUT2D eigenvalue weighted by atomic mass is 16.2. The number of likely N-dealkylation sites (N-methyl/N-ethyl adjacent to an activating group) is 1. The Hall–Kier alpha value is -1.57. The van der Waals surface area contributed by atoms with Gasteiger partial charge < -0.3 is 4.90 Å². The van der Waals surface area contributed by atoms with Gasteiger partial charge in [0.25, 0.3) is 0 Å². The van der Waals surface area contributed by atoms with Crippen LogP contribution in [0.1, 0.15) is 36.8 Å². The average molecular weight is 243 g/mol. The van der Waals surface area contributed by atoms with Crippen LogP contribution in [0.2, 0.25) is 0 Å². The van der Waals surface area contributed by atoms with E-state index in [-0.39, 0.29) is 5.91 Å². The van der Waals surface area contributed by atoms with Gasteiger partial charge in [-0.15, -0.1) is 0 Å². The normalized spacial score (nSPS) is 16.3. The van der Waals surface area contributed by atoms with E-state index in [0.717, 1.165) is 18.4 Å². The Balaban J connectivity index is 1.95. The van der Waals surface area contributed by atoms with Crippen LogP contribution in [0.5, 0.6) is 0 Å². The van der Waals surface area contributed by atoms with Crippen molar-refractivity contribution < 1.29 is 4.79 Å². The molecule has 0 spiro atoms. The monoisotopic (exact) mass is 243 g/mol. The maximum atomic E-state index is 12.0. The Bertz CT molecular complexity index is 427. The third kappa shape index (κ3) is 3.22. The van der Waals surface area contributed by atoms with E-state index < -0.39 is 0 Å². The quantitative estimate of drug-likeness (QED) is 0.745. The molecule has 0 radical (unpaired) electrons. The number of aryl methyl sites for hydroxylation is 1. The molecule has 1 amide bonds. The van der Waals surface area contributed by atoms with Crippen molar-refractivity contribution >= 4 is 12.0 Å². The SMILES string of the molecule is Cc1ccc(/C=C/C(=O)N(C)C2CCCC2)cc1. The van der Waals surface area contributed by atoms with Gasteiger partial charge >= 0.3 is 0 Å². The van der Waals surface area contributed by atoms with Crippen LogP contribution in [0.4, 0.5) is 0 Å². The summed E-state index contributed by atoms with van der Waals surface area (Å²) in [6.45, 7) is 2.06. The van der Waals surface area contributed by atoms with Gasteiger partial charge in [0.1, 0.15) is 0 Å². The molecule has 0 aliphatic heterocycles. The Labute approximate surface area is 109 Å². The molecule has 0 atom stereocenters. The summed E-state index contributed by atoms with van der Waals surface area (Å²) in [4.78, 5) is 13.9. The van der Waals surface area contributed by atoms with Crippen LogP contribution in [0.25, 0.3) is 6.08 Å². The fraction of sp³-hybridized carbons (Fsp3) is 0.438. The fourth-order valence-electron chi connectivity index (χ4n) is 2.43. The average Bonchev–Trinajstić information content (AvgIpc) is 2.90. The minimum Gasteiger partial charge on any atom is -0.339 e. The number of hydrogen-bond acceptors (Lipinski definition) is 1. The predicted molar refractivity (Wildman–Crippen MR) is 75.2 cm³/mol. The van der Waals surface area contributed by atoms with Crippen LogP contribution < -0.4 is 0 Å². The summed E-state index contributed by atoms with van der Waals surface area (Å²) >= 11 is 0. The lowest BCUT2D eigenvalue weighted by Crippen LogP contribution is -2.33. The summed E-state index contributed by atoms with van der Waals surface area (Å²) in [6.07, 6.45) is 8.39. The lowest BCUT2D eigenvalue weighted by molar-refractivity contribution is -0.126. The van der Waals surface area contributed by atoms with Gasteiger partial charge in [0, 0.05) is 19.2 Å². The molecule has 2 nitrogen and oxygen atoms in total. The molecule has 1 fully saturated rings. The third-order valence-electron chi connectivity index (χ3n) is 3.72. The summed E-state index contributed by atoms with van der Waals surface area (Å²) in [6, 6.07) is 8.64. The zero-order chi connectivity index (χ0) is 13.0. The summed E-state index contributed by atoms with van der Waals surface area (Å²) in [7, 11) is 1.91. The van der Waals surface area contributed by atoms with Crippen molar-refractivity contribution in [2.45, 2.75) is 38.6 Å². The van der Waals surface area contributed by atoms with Gasteiger partial charge in [-0.25, -0.2) is 0 Å². The molecule has 0 unspecified atom stereocenters. The Morgan fingerprint density at radius 3 is 2.44 bits per heavy atom. The molecule has 18 heavy (non-hydrogen) atoms. The van der Waals surface area contributed by atoms with E-state index >= 15 is 0 Å². The van der Waals surface area contributed by atoms with E-state index in [1.807, 2.05) is 30.2 Å². The molecule has 0 N–H and O–H groups in total. The standard InChI is InChI=1S/C16H21NO/c1-13-7-9-14(10-8-13)11-12-16(18)17(2)15-5-3-4-6-15/h7-12,15H,3-6H2,1-2H3/b12-11+. The van der Waals surface area contributed by atoms with Gasteiger partial charge in [-0.05, 0) is 31.4 Å². The topological polar surface area (TPSA) is 20.3 Å². The number of nitrogens with zero attached hydrogens (tertiary/aromatic N) is 1. The fourth-order valence-corrected chi connectivity index (χ4v) is 2.43. The van der Waals surface area contributed by atoms with Crippen molar-refractivity contribution in [2.75, 3.05) is 7.05 Å². The second-order valence-electron chi connectivity index (χ2n) is 5.13. The first-order valence-electron chi connectivity index (χ1n) is 6.68. The number of hydrogen-bond donors (Lipinski definition) is 0. The van der Waals surface area contributed by atoms with E-state index in [4.69, 9.17) is 0 Å². The van der Waals surface area contributed by atoms with Gasteiger partial charge in [0.2, 0.25) is 5.91 Å². The van der Waals surface area contributed by atoms with Gasteiger partial charge in [0.05, 0.1) is 0 Å². The Kier molecular flexibility index (Phi) is 4.19. The maximum Gasteiger partial charge on any atom is 0.246 e. The van der Waals surface area contributed by atoms with E-state index in [1.165, 1.54) is 18.4 Å². The molecule has 1 aliphatic rings. The zero-order valence-corrected chi connectivity index (χ0v) is 11.2. The number of carbonyl (C=O) groups excluding carboxylic acids is 1. The second kappa shape index (κ2) is 5.85. The van der Waals surface area contributed by atoms with Crippen LogP contribution >= 0.6 is 0 Å². The lowest BCUT2D eigenvalue weighted by atomic mass is 10.1. The first kappa shape index (κ1) is 12.9. The highest BCUT2D eigenvalue weighted by molar-refractivity contribution is 5.91. The van der Waals surface area contributed by atoms with E-state index in [2.05, 4.69) is 19.1 Å². The molecule has 1 aromatic rings. The minimum atomic E-state index is 0.113. The first-order valence-corrected chi connectivity index (χ1v) is 6.68. The molecular formula is C16H21NO. The maximum absolute atomic E-state index is 12.0. The van der Waals surface area contributed by atoms with E-state index in [0.29, 0.717) is 6.04 Å². The van der Waals surface area contributed by atoms with Crippen molar-refractivity contribution in [3.05, 3.63) is 41.5 Å². The molecule has 0 aromatic heterocycles. The highest BCUT2D eigenvalue weighted by Gasteiger charge is 2.21. The van der Waals surface area contributed by atoms with Crippen LogP contribution in [-0.2, 0) is 4.79 Å². The largest absolute Gasteiger partial charge is 0.339 e. The van der Waals surface area contributed by atoms with Crippen LogP contribution in [0.3, 0.4) is 0 Å². The number of carbonyl (C=O) groups is 1. The van der Waals surface area contributed by atoms with Crippen molar-refractivity contribution in [1.29, 1.82) is 0 Å². The van der Waals surface area contributed by atoms with Crippen molar-refractivity contribution in [2.24, 2.45) is 0 Å². The summed E-state index contributed by atoms with van der Waals surface area (Å²) in [5, 5.41) is 0. The minimum absolute atomic E-state index is 0.113. The molecule has 96 valence electrons. The molecule has 1 saturated carbocycles. The highest BCUT2D eigenvalue weighted by Crippen LogP contribution is 2.22. The summed E-state index contributed by atoms with van der Waals surface area (Å²) in [5.74, 6) is 0.113. The Morgan fingerprint density at radius 1 is 1.22 bits per heavy atom. The first-order chi connectivity index (χ1) is 8.66. The molecule has 2 rings (SSSR count). The summed E-state index contributed by atoms with van der Waals surface area (Å²) in [5.41, 5.74) is 2.32. The molecule has 1 aliphatic carbocycles. The van der Waals surface area contributed by atoms with Gasteiger partial charge in [-0.1, -0.05) is 42.7 Å². The third-order valence-corrected chi connectivity index (χ3v) is 3.72. The van der Waals surface area contributed by atoms with Gasteiger partial charge in [-0.2, -0.15) is 0 Å². The smallest absolute Gasteiger partial charge is 0.246 e. The Morgan fingerprint density at radius 2 is 1.83 bits per heavy atom. The molecule has 2 heteroatoms. The molecule has 0 heterocycles. The predicted octanol–water partition coefficient (Wildman–Crippen LogP) is 3.41. The van der Waals surface area contributed by atoms with Gasteiger partial charge in [0.15, 0.2) is 0 Å².